The van der Waals surface area contributed by atoms with E-state index in [2.05, 4.69) is 5.32 Å². The van der Waals surface area contributed by atoms with Crippen molar-refractivity contribution in [1.82, 2.24) is 20.0 Å². The molecule has 0 aliphatic carbocycles. The quantitative estimate of drug-likeness (QED) is 0.325. The number of carboxylic acids is 1. The summed E-state index contributed by atoms with van der Waals surface area (Å²) in [4.78, 5) is 52.7. The maximum atomic E-state index is 12.3. The van der Waals surface area contributed by atoms with E-state index in [-0.39, 0.29) is 30.6 Å². The van der Waals surface area contributed by atoms with Crippen LogP contribution in [0.1, 0.15) is 53.4 Å². The van der Waals surface area contributed by atoms with Crippen LogP contribution in [0.15, 0.2) is 0 Å². The standard InChI is InChI=1S/C22H40N4O6.C2H6/c1-3-5-20(28)6-14-32-15-7-23-21(29)17-25-10-8-24(16-19(27)4-2)9-12-26(13-11-25)18-22(30)31;1-2/h3-18H2,1-2H3,(H,23,29)(H,30,31);1-2H3. The molecule has 1 aliphatic heterocycles. The van der Waals surface area contributed by atoms with Gasteiger partial charge in [-0.15, -0.1) is 0 Å². The summed E-state index contributed by atoms with van der Waals surface area (Å²) in [6, 6.07) is 0. The van der Waals surface area contributed by atoms with Crippen LogP contribution in [0.5, 0.6) is 0 Å². The number of carbonyl (C=O) groups is 4. The molecule has 0 bridgehead atoms. The van der Waals surface area contributed by atoms with Gasteiger partial charge in [0.25, 0.3) is 0 Å². The van der Waals surface area contributed by atoms with E-state index in [1.54, 1.807) is 0 Å². The van der Waals surface area contributed by atoms with Crippen LogP contribution in [0, 0.1) is 0 Å². The summed E-state index contributed by atoms with van der Waals surface area (Å²) in [5.74, 6) is -0.678. The van der Waals surface area contributed by atoms with Crippen LogP contribution in [0.2, 0.25) is 0 Å². The van der Waals surface area contributed by atoms with Gasteiger partial charge in [0.05, 0.1) is 32.8 Å². The van der Waals surface area contributed by atoms with E-state index in [0.717, 1.165) is 6.42 Å². The number of hydrogen-bond acceptors (Lipinski definition) is 8. The molecule has 10 nitrogen and oxygen atoms in total. The van der Waals surface area contributed by atoms with Gasteiger partial charge in [-0.1, -0.05) is 27.7 Å². The number of ether oxygens (including phenoxy) is 1. The Morgan fingerprint density at radius 3 is 1.79 bits per heavy atom. The zero-order chi connectivity index (χ0) is 25.8. The number of amides is 1. The number of Topliss-reactive ketones (excluding diaryl/α,β-unsaturated/α-hetero) is 2. The summed E-state index contributed by atoms with van der Waals surface area (Å²) in [6.07, 6.45) is 2.28. The van der Waals surface area contributed by atoms with Gasteiger partial charge in [-0.25, -0.2) is 0 Å². The van der Waals surface area contributed by atoms with E-state index in [0.29, 0.717) is 84.8 Å². The van der Waals surface area contributed by atoms with Crippen LogP contribution in [0.25, 0.3) is 0 Å². The molecule has 198 valence electrons. The Morgan fingerprint density at radius 1 is 0.765 bits per heavy atom. The number of carboxylic acid groups (broad SMARTS) is 1. The van der Waals surface area contributed by atoms with Gasteiger partial charge >= 0.3 is 5.97 Å². The van der Waals surface area contributed by atoms with Crippen molar-refractivity contribution in [2.45, 2.75) is 53.4 Å². The van der Waals surface area contributed by atoms with E-state index in [9.17, 15) is 19.2 Å². The highest BCUT2D eigenvalue weighted by atomic mass is 16.5. The second-order valence-electron chi connectivity index (χ2n) is 8.12. The second kappa shape index (κ2) is 20.5. The van der Waals surface area contributed by atoms with Crippen LogP contribution < -0.4 is 5.32 Å². The zero-order valence-corrected chi connectivity index (χ0v) is 21.6. The second-order valence-corrected chi connectivity index (χ2v) is 8.12. The number of ketones is 2. The molecule has 1 saturated heterocycles. The summed E-state index contributed by atoms with van der Waals surface area (Å²) in [6.45, 7) is 13.0. The normalized spacial score (nSPS) is 15.9. The van der Waals surface area contributed by atoms with Crippen molar-refractivity contribution in [3.05, 3.63) is 0 Å². The van der Waals surface area contributed by atoms with Gasteiger partial charge in [0.15, 0.2) is 0 Å². The Balaban J connectivity index is 0.00000529. The molecular formula is C24H46N4O6. The molecule has 1 heterocycles. The van der Waals surface area contributed by atoms with Gasteiger partial charge in [-0.2, -0.15) is 0 Å². The molecule has 0 saturated carbocycles. The van der Waals surface area contributed by atoms with Crippen LogP contribution in [-0.4, -0.2) is 122 Å². The van der Waals surface area contributed by atoms with E-state index >= 15 is 0 Å². The van der Waals surface area contributed by atoms with E-state index < -0.39 is 5.97 Å². The van der Waals surface area contributed by atoms with Crippen molar-refractivity contribution < 1.29 is 29.0 Å². The third kappa shape index (κ3) is 16.7. The van der Waals surface area contributed by atoms with E-state index in [1.165, 1.54) is 0 Å². The molecule has 2 N–H and O–H groups in total. The number of hydrogen-bond donors (Lipinski definition) is 2. The third-order valence-electron chi connectivity index (χ3n) is 5.34. The fourth-order valence-electron chi connectivity index (χ4n) is 3.42. The minimum atomic E-state index is -0.888. The Hall–Kier alpha value is -1.88. The molecule has 0 radical (unpaired) electrons. The third-order valence-corrected chi connectivity index (χ3v) is 5.34. The van der Waals surface area contributed by atoms with Gasteiger partial charge in [-0.3, -0.25) is 33.9 Å². The average Bonchev–Trinajstić information content (AvgIpc) is 2.89. The lowest BCUT2D eigenvalue weighted by molar-refractivity contribution is -0.138. The van der Waals surface area contributed by atoms with Gasteiger partial charge in [0.1, 0.15) is 11.6 Å². The first-order chi connectivity index (χ1) is 16.3. The highest BCUT2D eigenvalue weighted by Crippen LogP contribution is 2.02. The largest absolute Gasteiger partial charge is 0.480 e. The zero-order valence-electron chi connectivity index (χ0n) is 21.6. The van der Waals surface area contributed by atoms with Crippen molar-refractivity contribution in [2.75, 3.05) is 78.7 Å². The molecule has 0 aromatic heterocycles. The SMILES string of the molecule is CC.CCCC(=O)CCOCCNC(=O)CN1CCN(CC(=O)O)CCN(CC(=O)CC)CC1. The predicted octanol–water partition coefficient (Wildman–Crippen LogP) is 0.888. The summed E-state index contributed by atoms with van der Waals surface area (Å²) >= 11 is 0. The lowest BCUT2D eigenvalue weighted by Crippen LogP contribution is -2.43. The first kappa shape index (κ1) is 32.1. The molecule has 0 atom stereocenters. The number of rotatable bonds is 15. The number of aliphatic carboxylic acids is 1. The van der Waals surface area contributed by atoms with Gasteiger partial charge in [-0.05, 0) is 6.42 Å². The molecule has 0 aromatic carbocycles. The molecule has 0 spiro atoms. The Morgan fingerprint density at radius 2 is 1.29 bits per heavy atom. The monoisotopic (exact) mass is 486 g/mol. The highest BCUT2D eigenvalue weighted by molar-refractivity contribution is 5.80. The minimum Gasteiger partial charge on any atom is -0.480 e. The molecule has 10 heteroatoms. The van der Waals surface area contributed by atoms with Crippen LogP contribution in [-0.2, 0) is 23.9 Å². The maximum Gasteiger partial charge on any atom is 0.317 e. The lowest BCUT2D eigenvalue weighted by Gasteiger charge is -2.24. The number of nitrogens with one attached hydrogen (secondary N) is 1. The molecule has 34 heavy (non-hydrogen) atoms. The first-order valence-corrected chi connectivity index (χ1v) is 12.6. The summed E-state index contributed by atoms with van der Waals surface area (Å²) in [5.41, 5.74) is 0. The Labute approximate surface area is 205 Å². The maximum absolute atomic E-state index is 12.3. The van der Waals surface area contributed by atoms with Crippen molar-refractivity contribution in [3.63, 3.8) is 0 Å². The van der Waals surface area contributed by atoms with Crippen molar-refractivity contribution in [2.24, 2.45) is 0 Å². The highest BCUT2D eigenvalue weighted by Gasteiger charge is 2.20. The summed E-state index contributed by atoms with van der Waals surface area (Å²) < 4.78 is 5.41. The Bertz CT molecular complexity index is 602. The molecule has 1 aliphatic rings. The van der Waals surface area contributed by atoms with Crippen molar-refractivity contribution in [3.8, 4) is 0 Å². The minimum absolute atomic E-state index is 0.0618. The van der Waals surface area contributed by atoms with E-state index in [1.807, 2.05) is 42.4 Å². The Kier molecular flexibility index (Phi) is 19.4. The first-order valence-electron chi connectivity index (χ1n) is 12.6. The van der Waals surface area contributed by atoms with Crippen molar-refractivity contribution in [1.29, 1.82) is 0 Å². The van der Waals surface area contributed by atoms with Crippen LogP contribution >= 0.6 is 0 Å². The summed E-state index contributed by atoms with van der Waals surface area (Å²) in [7, 11) is 0. The molecule has 0 unspecified atom stereocenters. The molecule has 0 aromatic rings. The van der Waals surface area contributed by atoms with Crippen LogP contribution in [0.4, 0.5) is 0 Å². The molecule has 1 amide bonds. The predicted molar refractivity (Wildman–Crippen MR) is 132 cm³/mol. The molecule has 1 rings (SSSR count). The molecular weight excluding hydrogens is 440 g/mol. The number of carbonyl (C=O) groups excluding carboxylic acids is 3. The van der Waals surface area contributed by atoms with Gasteiger partial charge in [0, 0.05) is 65.1 Å². The average molecular weight is 487 g/mol. The number of nitrogens with zero attached hydrogens (tertiary/aromatic N) is 3. The van der Waals surface area contributed by atoms with Gasteiger partial charge < -0.3 is 15.2 Å². The fraction of sp³-hybridized carbons (Fsp3) is 0.833. The van der Waals surface area contributed by atoms with E-state index in [4.69, 9.17) is 9.84 Å². The van der Waals surface area contributed by atoms with Gasteiger partial charge in [0.2, 0.25) is 5.91 Å². The lowest BCUT2D eigenvalue weighted by atomic mass is 10.2. The topological polar surface area (TPSA) is 119 Å². The fourth-order valence-corrected chi connectivity index (χ4v) is 3.42. The summed E-state index contributed by atoms with van der Waals surface area (Å²) in [5, 5.41) is 12.0. The van der Waals surface area contributed by atoms with Crippen LogP contribution in [0.3, 0.4) is 0 Å². The smallest absolute Gasteiger partial charge is 0.317 e. The van der Waals surface area contributed by atoms with Crippen molar-refractivity contribution >= 4 is 23.4 Å². The molecule has 1 fully saturated rings.